The molecule has 0 aromatic heterocycles. The Bertz CT molecular complexity index is 545. The number of nitrogens with one attached hydrogen (secondary N) is 2. The van der Waals surface area contributed by atoms with Crippen molar-refractivity contribution in [1.29, 1.82) is 0 Å². The second-order valence-corrected chi connectivity index (χ2v) is 6.57. The van der Waals surface area contributed by atoms with Gasteiger partial charge in [-0.25, -0.2) is 0 Å². The zero-order valence-corrected chi connectivity index (χ0v) is 14.6. The Morgan fingerprint density at radius 3 is 3.00 bits per heavy atom. The second-order valence-electron chi connectivity index (χ2n) is 6.18. The first-order valence-electron chi connectivity index (χ1n) is 8.36. The summed E-state index contributed by atoms with van der Waals surface area (Å²) in [7, 11) is 1.71. The van der Waals surface area contributed by atoms with Crippen molar-refractivity contribution in [3.05, 3.63) is 29.3 Å². The molecule has 0 amide bonds. The molecule has 6 heteroatoms. The molecule has 0 aliphatic carbocycles. The minimum Gasteiger partial charge on any atom is -0.493 e. The van der Waals surface area contributed by atoms with E-state index in [1.807, 2.05) is 0 Å². The number of piperazine rings is 1. The highest BCUT2D eigenvalue weighted by Gasteiger charge is 2.22. The van der Waals surface area contributed by atoms with E-state index in [1.54, 1.807) is 12.0 Å². The second kappa shape index (κ2) is 7.95. The first-order chi connectivity index (χ1) is 11.3. The topological polar surface area (TPSA) is 38.2 Å². The molecule has 23 heavy (non-hydrogen) atoms. The first kappa shape index (κ1) is 16.5. The molecule has 3 rings (SSSR count). The maximum absolute atomic E-state index is 5.58. The van der Waals surface area contributed by atoms with E-state index in [0.29, 0.717) is 6.61 Å². The van der Waals surface area contributed by atoms with Crippen LogP contribution in [0.5, 0.6) is 5.75 Å². The number of benzene rings is 1. The zero-order valence-electron chi connectivity index (χ0n) is 13.8. The Morgan fingerprint density at radius 1 is 1.39 bits per heavy atom. The molecule has 2 N–H and O–H groups in total. The third-order valence-corrected chi connectivity index (χ3v) is 4.95. The van der Waals surface area contributed by atoms with Crippen molar-refractivity contribution in [2.24, 2.45) is 0 Å². The molecule has 2 heterocycles. The van der Waals surface area contributed by atoms with Gasteiger partial charge in [0.1, 0.15) is 12.3 Å². The highest BCUT2D eigenvalue weighted by Crippen LogP contribution is 2.25. The number of thiocarbonyl (C=S) groups is 1. The SMILES string of the molecule is COCCNC(=S)N1CC[NH+](Cc2ccc3c(c2)CCO3)CC1. The van der Waals surface area contributed by atoms with E-state index in [0.717, 1.165) is 63.2 Å². The Balaban J connectivity index is 1.45. The van der Waals surface area contributed by atoms with Crippen LogP contribution in [0.4, 0.5) is 0 Å². The van der Waals surface area contributed by atoms with E-state index in [2.05, 4.69) is 28.4 Å². The van der Waals surface area contributed by atoms with Crippen molar-refractivity contribution < 1.29 is 14.4 Å². The van der Waals surface area contributed by atoms with Gasteiger partial charge in [0.25, 0.3) is 0 Å². The van der Waals surface area contributed by atoms with E-state index in [-0.39, 0.29) is 0 Å². The Morgan fingerprint density at radius 2 is 2.22 bits per heavy atom. The third-order valence-electron chi connectivity index (χ3n) is 4.55. The van der Waals surface area contributed by atoms with Gasteiger partial charge in [-0.1, -0.05) is 0 Å². The molecular weight excluding hydrogens is 310 g/mol. The standard InChI is InChI=1S/C17H25N3O2S/c1-21-11-5-18-17(23)20-8-6-19(7-9-20)13-14-2-3-16-15(12-14)4-10-22-16/h2-3,12H,4-11,13H2,1H3,(H,18,23)/p+1. The van der Waals surface area contributed by atoms with Crippen molar-refractivity contribution in [1.82, 2.24) is 10.2 Å². The van der Waals surface area contributed by atoms with Gasteiger partial charge in [-0.2, -0.15) is 0 Å². The Hall–Kier alpha value is -1.37. The summed E-state index contributed by atoms with van der Waals surface area (Å²) in [6, 6.07) is 6.65. The molecule has 2 aliphatic heterocycles. The maximum Gasteiger partial charge on any atom is 0.169 e. The monoisotopic (exact) mass is 336 g/mol. The number of methoxy groups -OCH3 is 1. The van der Waals surface area contributed by atoms with Gasteiger partial charge in [-0.05, 0) is 36.0 Å². The Kier molecular flexibility index (Phi) is 5.70. The fraction of sp³-hybridized carbons (Fsp3) is 0.588. The van der Waals surface area contributed by atoms with Crippen LogP contribution in [0, 0.1) is 0 Å². The minimum atomic E-state index is 0.688. The fourth-order valence-corrected chi connectivity index (χ4v) is 3.50. The number of hydrogen-bond donors (Lipinski definition) is 2. The van der Waals surface area contributed by atoms with Gasteiger partial charge in [0.15, 0.2) is 5.11 Å². The molecule has 1 aromatic rings. The molecule has 0 radical (unpaired) electrons. The van der Waals surface area contributed by atoms with Crippen molar-refractivity contribution in [2.75, 3.05) is 53.0 Å². The quantitative estimate of drug-likeness (QED) is 0.578. The maximum atomic E-state index is 5.58. The van der Waals surface area contributed by atoms with Crippen LogP contribution in [-0.4, -0.2) is 63.1 Å². The highest BCUT2D eigenvalue weighted by molar-refractivity contribution is 7.80. The van der Waals surface area contributed by atoms with Crippen LogP contribution in [0.15, 0.2) is 18.2 Å². The minimum absolute atomic E-state index is 0.688. The predicted octanol–water partition coefficient (Wildman–Crippen LogP) is -0.157. The number of quaternary nitrogens is 1. The lowest BCUT2D eigenvalue weighted by molar-refractivity contribution is -0.917. The van der Waals surface area contributed by atoms with Crippen molar-refractivity contribution in [3.63, 3.8) is 0 Å². The summed E-state index contributed by atoms with van der Waals surface area (Å²) in [6.45, 7) is 7.67. The third kappa shape index (κ3) is 4.34. The van der Waals surface area contributed by atoms with E-state index >= 15 is 0 Å². The number of ether oxygens (including phenoxy) is 2. The van der Waals surface area contributed by atoms with Crippen molar-refractivity contribution in [3.8, 4) is 5.75 Å². The summed E-state index contributed by atoms with van der Waals surface area (Å²) in [4.78, 5) is 3.89. The van der Waals surface area contributed by atoms with E-state index in [1.165, 1.54) is 11.1 Å². The van der Waals surface area contributed by atoms with Gasteiger partial charge in [0.05, 0.1) is 39.4 Å². The summed E-state index contributed by atoms with van der Waals surface area (Å²) >= 11 is 5.45. The van der Waals surface area contributed by atoms with Gasteiger partial charge in [0.2, 0.25) is 0 Å². The highest BCUT2D eigenvalue weighted by atomic mass is 32.1. The average Bonchev–Trinajstić information content (AvgIpc) is 3.03. The molecule has 0 unspecified atom stereocenters. The summed E-state index contributed by atoms with van der Waals surface area (Å²) in [5.41, 5.74) is 2.78. The van der Waals surface area contributed by atoms with E-state index in [9.17, 15) is 0 Å². The molecule has 1 fully saturated rings. The number of fused-ring (bicyclic) bond motifs is 1. The van der Waals surface area contributed by atoms with Gasteiger partial charge in [0, 0.05) is 25.6 Å². The summed E-state index contributed by atoms with van der Waals surface area (Å²) in [5, 5.41) is 4.11. The summed E-state index contributed by atoms with van der Waals surface area (Å²) in [6.07, 6.45) is 1.05. The Labute approximate surface area is 143 Å². The summed E-state index contributed by atoms with van der Waals surface area (Å²) in [5.74, 6) is 1.07. The van der Waals surface area contributed by atoms with Gasteiger partial charge < -0.3 is 24.6 Å². The van der Waals surface area contributed by atoms with Crippen LogP contribution in [-0.2, 0) is 17.7 Å². The molecule has 0 saturated carbocycles. The normalized spacial score (nSPS) is 17.7. The lowest BCUT2D eigenvalue weighted by Gasteiger charge is -2.34. The molecule has 5 nitrogen and oxygen atoms in total. The average molecular weight is 336 g/mol. The van der Waals surface area contributed by atoms with Crippen LogP contribution in [0.1, 0.15) is 11.1 Å². The molecule has 0 atom stereocenters. The van der Waals surface area contributed by atoms with Crippen molar-refractivity contribution in [2.45, 2.75) is 13.0 Å². The van der Waals surface area contributed by atoms with Crippen LogP contribution in [0.25, 0.3) is 0 Å². The van der Waals surface area contributed by atoms with E-state index < -0.39 is 0 Å². The van der Waals surface area contributed by atoms with Crippen LogP contribution in [0.2, 0.25) is 0 Å². The molecule has 2 aliphatic rings. The van der Waals surface area contributed by atoms with Gasteiger partial charge in [-0.3, -0.25) is 0 Å². The van der Waals surface area contributed by atoms with Gasteiger partial charge in [-0.15, -0.1) is 0 Å². The van der Waals surface area contributed by atoms with Crippen LogP contribution < -0.4 is 15.0 Å². The molecule has 0 spiro atoms. The van der Waals surface area contributed by atoms with Crippen LogP contribution >= 0.6 is 12.2 Å². The van der Waals surface area contributed by atoms with Crippen LogP contribution in [0.3, 0.4) is 0 Å². The summed E-state index contributed by atoms with van der Waals surface area (Å²) < 4.78 is 10.6. The number of rotatable bonds is 5. The largest absolute Gasteiger partial charge is 0.493 e. The van der Waals surface area contributed by atoms with Gasteiger partial charge >= 0.3 is 0 Å². The molecule has 0 bridgehead atoms. The lowest BCUT2D eigenvalue weighted by Crippen LogP contribution is -3.13. The number of hydrogen-bond acceptors (Lipinski definition) is 3. The van der Waals surface area contributed by atoms with Crippen molar-refractivity contribution >= 4 is 17.3 Å². The zero-order chi connectivity index (χ0) is 16.1. The molecule has 1 saturated heterocycles. The molecule has 126 valence electrons. The first-order valence-corrected chi connectivity index (χ1v) is 8.77. The predicted molar refractivity (Wildman–Crippen MR) is 94.1 cm³/mol. The molecular formula is C17H26N3O2S+. The number of nitrogens with zero attached hydrogens (tertiary/aromatic N) is 1. The fourth-order valence-electron chi connectivity index (χ4n) is 3.21. The molecule has 1 aromatic carbocycles. The lowest BCUT2D eigenvalue weighted by atomic mass is 10.1. The smallest absolute Gasteiger partial charge is 0.169 e. The van der Waals surface area contributed by atoms with E-state index in [4.69, 9.17) is 21.7 Å².